The summed E-state index contributed by atoms with van der Waals surface area (Å²) in [5, 5.41) is 4.52. The van der Waals surface area contributed by atoms with Crippen LogP contribution in [0, 0.1) is 5.41 Å². The van der Waals surface area contributed by atoms with Gasteiger partial charge in [-0.15, -0.1) is 0 Å². The van der Waals surface area contributed by atoms with Gasteiger partial charge in [-0.3, -0.25) is 0 Å². The Balaban J connectivity index is 2.12. The first-order valence-electron chi connectivity index (χ1n) is 6.65. The largest absolute Gasteiger partial charge is 0.313 e. The van der Waals surface area contributed by atoms with E-state index in [9.17, 15) is 0 Å². The Morgan fingerprint density at radius 1 is 1.44 bits per heavy atom. The Bertz CT molecular complexity index is 431. The quantitative estimate of drug-likeness (QED) is 0.820. The predicted molar refractivity (Wildman–Crippen MR) is 82.4 cm³/mol. The highest BCUT2D eigenvalue weighted by Gasteiger charge is 2.48. The molecule has 100 valence electrons. The monoisotopic (exact) mass is 329 g/mol. The predicted octanol–water partition coefficient (Wildman–Crippen LogP) is 4.98. The van der Waals surface area contributed by atoms with Crippen molar-refractivity contribution in [1.82, 2.24) is 5.32 Å². The van der Waals surface area contributed by atoms with Crippen LogP contribution in [0.2, 0.25) is 5.02 Å². The van der Waals surface area contributed by atoms with E-state index in [1.165, 1.54) is 18.4 Å². The van der Waals surface area contributed by atoms with Gasteiger partial charge in [-0.2, -0.15) is 0 Å². The lowest BCUT2D eigenvalue weighted by Gasteiger charge is -2.53. The van der Waals surface area contributed by atoms with Gasteiger partial charge < -0.3 is 5.32 Å². The van der Waals surface area contributed by atoms with Gasteiger partial charge in [0.25, 0.3) is 0 Å². The maximum Gasteiger partial charge on any atom is 0.0452 e. The highest BCUT2D eigenvalue weighted by molar-refractivity contribution is 9.10. The number of hydrogen-bond acceptors (Lipinski definition) is 1. The van der Waals surface area contributed by atoms with Crippen molar-refractivity contribution in [2.75, 3.05) is 6.54 Å². The molecule has 1 fully saturated rings. The second-order valence-corrected chi connectivity index (χ2v) is 7.11. The van der Waals surface area contributed by atoms with Gasteiger partial charge >= 0.3 is 0 Å². The molecule has 0 spiro atoms. The SMILES string of the molecule is CCCNC1CC(c2ccc(Br)cc2Cl)C1(C)C. The van der Waals surface area contributed by atoms with Crippen molar-refractivity contribution in [3.63, 3.8) is 0 Å². The van der Waals surface area contributed by atoms with E-state index in [1.807, 2.05) is 6.07 Å². The van der Waals surface area contributed by atoms with E-state index in [1.54, 1.807) is 0 Å². The summed E-state index contributed by atoms with van der Waals surface area (Å²) in [6.07, 6.45) is 2.38. The summed E-state index contributed by atoms with van der Waals surface area (Å²) in [4.78, 5) is 0. The van der Waals surface area contributed by atoms with Crippen LogP contribution in [0.25, 0.3) is 0 Å². The molecule has 0 heterocycles. The fourth-order valence-electron chi connectivity index (χ4n) is 2.90. The summed E-state index contributed by atoms with van der Waals surface area (Å²) < 4.78 is 1.05. The molecule has 0 bridgehead atoms. The molecule has 0 radical (unpaired) electrons. The number of nitrogens with one attached hydrogen (secondary N) is 1. The van der Waals surface area contributed by atoms with Gasteiger partial charge in [-0.1, -0.05) is 54.4 Å². The molecule has 1 saturated carbocycles. The molecule has 18 heavy (non-hydrogen) atoms. The van der Waals surface area contributed by atoms with Crippen molar-refractivity contribution >= 4 is 27.5 Å². The van der Waals surface area contributed by atoms with Gasteiger partial charge in [-0.05, 0) is 48.4 Å². The fraction of sp³-hybridized carbons (Fsp3) is 0.600. The molecule has 2 unspecified atom stereocenters. The second-order valence-electron chi connectivity index (χ2n) is 5.78. The van der Waals surface area contributed by atoms with Crippen LogP contribution in [0.15, 0.2) is 22.7 Å². The van der Waals surface area contributed by atoms with E-state index in [4.69, 9.17) is 11.6 Å². The van der Waals surface area contributed by atoms with Crippen LogP contribution in [0.4, 0.5) is 0 Å². The maximum atomic E-state index is 6.37. The van der Waals surface area contributed by atoms with E-state index in [2.05, 4.69) is 54.2 Å². The molecule has 2 atom stereocenters. The van der Waals surface area contributed by atoms with Crippen molar-refractivity contribution in [2.24, 2.45) is 5.41 Å². The summed E-state index contributed by atoms with van der Waals surface area (Å²) in [6.45, 7) is 8.00. The van der Waals surface area contributed by atoms with E-state index in [0.717, 1.165) is 16.0 Å². The molecule has 1 aromatic carbocycles. The zero-order chi connectivity index (χ0) is 13.3. The number of hydrogen-bond donors (Lipinski definition) is 1. The van der Waals surface area contributed by atoms with E-state index >= 15 is 0 Å². The summed E-state index contributed by atoms with van der Waals surface area (Å²) in [6, 6.07) is 6.86. The minimum atomic E-state index is 0.284. The second kappa shape index (κ2) is 5.52. The highest BCUT2D eigenvalue weighted by atomic mass is 79.9. The number of rotatable bonds is 4. The highest BCUT2D eigenvalue weighted by Crippen LogP contribution is 2.54. The zero-order valence-electron chi connectivity index (χ0n) is 11.3. The Kier molecular flexibility index (Phi) is 4.40. The van der Waals surface area contributed by atoms with Crippen LogP contribution in [-0.4, -0.2) is 12.6 Å². The van der Waals surface area contributed by atoms with Gasteiger partial charge in [0.05, 0.1) is 0 Å². The molecule has 0 aromatic heterocycles. The molecule has 0 saturated heterocycles. The maximum absolute atomic E-state index is 6.37. The minimum absolute atomic E-state index is 0.284. The Labute approximate surface area is 123 Å². The van der Waals surface area contributed by atoms with Gasteiger partial charge in [0.15, 0.2) is 0 Å². The first kappa shape index (κ1) is 14.4. The van der Waals surface area contributed by atoms with E-state index < -0.39 is 0 Å². The summed E-state index contributed by atoms with van der Waals surface area (Å²) in [5.74, 6) is 0.562. The molecule has 1 aliphatic rings. The molecule has 2 rings (SSSR count). The molecule has 3 heteroatoms. The lowest BCUT2D eigenvalue weighted by atomic mass is 9.56. The topological polar surface area (TPSA) is 12.0 Å². The first-order chi connectivity index (χ1) is 8.46. The van der Waals surface area contributed by atoms with Crippen LogP contribution < -0.4 is 5.32 Å². The average Bonchev–Trinajstić information content (AvgIpc) is 2.30. The number of halogens is 2. The minimum Gasteiger partial charge on any atom is -0.313 e. The Morgan fingerprint density at radius 3 is 2.72 bits per heavy atom. The van der Waals surface area contributed by atoms with Crippen molar-refractivity contribution < 1.29 is 0 Å². The van der Waals surface area contributed by atoms with Crippen LogP contribution in [-0.2, 0) is 0 Å². The smallest absolute Gasteiger partial charge is 0.0452 e. The van der Waals surface area contributed by atoms with Crippen LogP contribution in [0.5, 0.6) is 0 Å². The molecule has 0 aliphatic heterocycles. The Morgan fingerprint density at radius 2 is 2.17 bits per heavy atom. The van der Waals surface area contributed by atoms with Crippen molar-refractivity contribution in [1.29, 1.82) is 0 Å². The average molecular weight is 331 g/mol. The van der Waals surface area contributed by atoms with Crippen LogP contribution in [0.3, 0.4) is 0 Å². The Hall–Kier alpha value is -0.0500. The third-order valence-electron chi connectivity index (χ3n) is 4.25. The van der Waals surface area contributed by atoms with E-state index in [0.29, 0.717) is 12.0 Å². The zero-order valence-corrected chi connectivity index (χ0v) is 13.6. The van der Waals surface area contributed by atoms with Crippen molar-refractivity contribution in [3.05, 3.63) is 33.3 Å². The lowest BCUT2D eigenvalue weighted by molar-refractivity contribution is 0.0695. The lowest BCUT2D eigenvalue weighted by Crippen LogP contribution is -2.55. The third-order valence-corrected chi connectivity index (χ3v) is 5.07. The molecule has 0 amide bonds. The number of benzene rings is 1. The standard InChI is InChI=1S/C15H21BrClN/c1-4-7-18-14-9-12(15(14,2)3)11-6-5-10(16)8-13(11)17/h5-6,8,12,14,18H,4,7,9H2,1-3H3. The first-order valence-corrected chi connectivity index (χ1v) is 7.82. The van der Waals surface area contributed by atoms with Crippen LogP contribution >= 0.6 is 27.5 Å². The van der Waals surface area contributed by atoms with Gasteiger partial charge in [-0.25, -0.2) is 0 Å². The summed E-state index contributed by atoms with van der Waals surface area (Å²) in [5.41, 5.74) is 1.58. The van der Waals surface area contributed by atoms with Crippen molar-refractivity contribution in [3.8, 4) is 0 Å². The molecule has 1 N–H and O–H groups in total. The summed E-state index contributed by atoms with van der Waals surface area (Å²) >= 11 is 9.83. The molecule has 1 nitrogen and oxygen atoms in total. The van der Waals surface area contributed by atoms with Crippen LogP contribution in [0.1, 0.15) is 45.1 Å². The molecular formula is C15H21BrClN. The van der Waals surface area contributed by atoms with Gasteiger partial charge in [0.2, 0.25) is 0 Å². The van der Waals surface area contributed by atoms with E-state index in [-0.39, 0.29) is 5.41 Å². The molecular weight excluding hydrogens is 310 g/mol. The molecule has 1 aromatic rings. The van der Waals surface area contributed by atoms with Gasteiger partial charge in [0.1, 0.15) is 0 Å². The normalized spacial score (nSPS) is 25.8. The fourth-order valence-corrected chi connectivity index (χ4v) is 3.71. The van der Waals surface area contributed by atoms with Gasteiger partial charge in [0, 0.05) is 15.5 Å². The third kappa shape index (κ3) is 2.61. The summed E-state index contributed by atoms with van der Waals surface area (Å²) in [7, 11) is 0. The molecule has 1 aliphatic carbocycles. The van der Waals surface area contributed by atoms with Crippen molar-refractivity contribution in [2.45, 2.75) is 45.6 Å².